The summed E-state index contributed by atoms with van der Waals surface area (Å²) in [6.07, 6.45) is 3.35. The molecule has 0 fully saturated rings. The lowest BCUT2D eigenvalue weighted by Gasteiger charge is -2.06. The van der Waals surface area contributed by atoms with Crippen molar-refractivity contribution in [3.05, 3.63) is 42.2 Å². The average Bonchev–Trinajstić information content (AvgIpc) is 2.86. The molecule has 0 bridgehead atoms. The van der Waals surface area contributed by atoms with Crippen molar-refractivity contribution in [3.8, 4) is 0 Å². The molecule has 1 aromatic carbocycles. The van der Waals surface area contributed by atoms with Crippen molar-refractivity contribution in [1.82, 2.24) is 10.2 Å². The first-order valence-electron chi connectivity index (χ1n) is 5.42. The summed E-state index contributed by atoms with van der Waals surface area (Å²) in [6, 6.07) is 7.12. The summed E-state index contributed by atoms with van der Waals surface area (Å²) in [4.78, 5) is 0.105. The Bertz CT molecular complexity index is 590. The van der Waals surface area contributed by atoms with Crippen LogP contribution in [0.25, 0.3) is 0 Å². The molecule has 0 saturated carbocycles. The molecule has 0 radical (unpaired) electrons. The van der Waals surface area contributed by atoms with Gasteiger partial charge in [-0.3, -0.25) is 9.82 Å². The van der Waals surface area contributed by atoms with E-state index in [0.717, 1.165) is 12.0 Å². The second-order valence-corrected chi connectivity index (χ2v) is 5.46. The fraction of sp³-hybridized carbons (Fsp3) is 0.182. The molecule has 0 aliphatic heterocycles. The van der Waals surface area contributed by atoms with E-state index in [1.54, 1.807) is 12.1 Å². The van der Waals surface area contributed by atoms with Gasteiger partial charge < -0.3 is 5.73 Å². The zero-order chi connectivity index (χ0) is 13.0. The van der Waals surface area contributed by atoms with Gasteiger partial charge in [-0.05, 0) is 30.7 Å². The minimum atomic E-state index is -3.56. The predicted molar refractivity (Wildman–Crippen MR) is 68.6 cm³/mol. The number of hydrogen-bond acceptors (Lipinski definition) is 4. The maximum Gasteiger partial charge on any atom is 0.265 e. The Morgan fingerprint density at radius 3 is 2.56 bits per heavy atom. The van der Waals surface area contributed by atoms with Gasteiger partial charge in [0.2, 0.25) is 0 Å². The maximum atomic E-state index is 11.9. The van der Waals surface area contributed by atoms with E-state index in [1.165, 1.54) is 12.4 Å². The summed E-state index contributed by atoms with van der Waals surface area (Å²) in [7, 11) is -3.56. The third-order valence-electron chi connectivity index (χ3n) is 2.42. The van der Waals surface area contributed by atoms with Crippen molar-refractivity contribution < 1.29 is 8.42 Å². The standard InChI is InChI=1S/C11H14N4O2S/c12-6-5-9-1-3-10(4-2-9)15-18(16,17)11-7-13-14-8-11/h1-4,7-8,15H,5-6,12H2,(H,13,14). The molecule has 1 heterocycles. The first-order valence-corrected chi connectivity index (χ1v) is 6.91. The number of benzene rings is 1. The Morgan fingerprint density at radius 1 is 1.28 bits per heavy atom. The smallest absolute Gasteiger partial charge is 0.265 e. The lowest BCUT2D eigenvalue weighted by atomic mass is 10.1. The zero-order valence-electron chi connectivity index (χ0n) is 9.63. The van der Waals surface area contributed by atoms with Crippen LogP contribution in [0, 0.1) is 0 Å². The average molecular weight is 266 g/mol. The minimum Gasteiger partial charge on any atom is -0.330 e. The second kappa shape index (κ2) is 5.19. The van der Waals surface area contributed by atoms with Crippen molar-refractivity contribution in [2.24, 2.45) is 5.73 Å². The van der Waals surface area contributed by atoms with Crippen LogP contribution in [-0.2, 0) is 16.4 Å². The van der Waals surface area contributed by atoms with Crippen LogP contribution in [0.3, 0.4) is 0 Å². The predicted octanol–water partition coefficient (Wildman–Crippen LogP) is 0.712. The second-order valence-electron chi connectivity index (χ2n) is 3.78. The summed E-state index contributed by atoms with van der Waals surface area (Å²) < 4.78 is 26.2. The van der Waals surface area contributed by atoms with Gasteiger partial charge in [0.05, 0.1) is 6.20 Å². The summed E-state index contributed by atoms with van der Waals surface area (Å²) in [6.45, 7) is 0.570. The van der Waals surface area contributed by atoms with Crippen LogP contribution in [0.4, 0.5) is 5.69 Å². The van der Waals surface area contributed by atoms with Crippen LogP contribution in [-0.4, -0.2) is 25.2 Å². The van der Waals surface area contributed by atoms with Crippen LogP contribution in [0.5, 0.6) is 0 Å². The first kappa shape index (κ1) is 12.6. The highest BCUT2D eigenvalue weighted by molar-refractivity contribution is 7.92. The monoisotopic (exact) mass is 266 g/mol. The quantitative estimate of drug-likeness (QED) is 0.742. The third-order valence-corrected chi connectivity index (χ3v) is 3.77. The molecule has 0 amide bonds. The van der Waals surface area contributed by atoms with Gasteiger partial charge in [-0.1, -0.05) is 12.1 Å². The lowest BCUT2D eigenvalue weighted by molar-refractivity contribution is 0.601. The molecule has 0 saturated heterocycles. The van der Waals surface area contributed by atoms with Crippen molar-refractivity contribution >= 4 is 15.7 Å². The largest absolute Gasteiger partial charge is 0.330 e. The Balaban J connectivity index is 2.14. The maximum absolute atomic E-state index is 11.9. The van der Waals surface area contributed by atoms with Gasteiger partial charge in [0.25, 0.3) is 10.0 Å². The summed E-state index contributed by atoms with van der Waals surface area (Å²) in [5.41, 5.74) is 7.03. The van der Waals surface area contributed by atoms with E-state index in [9.17, 15) is 8.42 Å². The molecule has 18 heavy (non-hydrogen) atoms. The van der Waals surface area contributed by atoms with Gasteiger partial charge in [-0.15, -0.1) is 0 Å². The van der Waals surface area contributed by atoms with Crippen LogP contribution < -0.4 is 10.5 Å². The highest BCUT2D eigenvalue weighted by Crippen LogP contribution is 2.15. The summed E-state index contributed by atoms with van der Waals surface area (Å²) >= 11 is 0. The molecule has 0 aliphatic rings. The molecule has 2 rings (SSSR count). The zero-order valence-corrected chi connectivity index (χ0v) is 10.4. The molecule has 0 atom stereocenters. The lowest BCUT2D eigenvalue weighted by Crippen LogP contribution is -2.12. The number of anilines is 1. The Labute approximate surface area is 105 Å². The highest BCUT2D eigenvalue weighted by Gasteiger charge is 2.14. The molecule has 0 spiro atoms. The van der Waals surface area contributed by atoms with E-state index >= 15 is 0 Å². The number of aromatic amines is 1. The summed E-state index contributed by atoms with van der Waals surface area (Å²) in [5.74, 6) is 0. The van der Waals surface area contributed by atoms with Crippen LogP contribution in [0.15, 0.2) is 41.6 Å². The van der Waals surface area contributed by atoms with Crippen LogP contribution in [0.2, 0.25) is 0 Å². The minimum absolute atomic E-state index is 0.105. The van der Waals surface area contributed by atoms with Gasteiger partial charge in [0, 0.05) is 11.9 Å². The molecule has 6 nitrogen and oxygen atoms in total. The molecule has 0 unspecified atom stereocenters. The van der Waals surface area contributed by atoms with E-state index in [0.29, 0.717) is 12.2 Å². The van der Waals surface area contributed by atoms with Crippen LogP contribution >= 0.6 is 0 Å². The van der Waals surface area contributed by atoms with Gasteiger partial charge in [0.15, 0.2) is 0 Å². The number of nitrogens with zero attached hydrogens (tertiary/aromatic N) is 1. The number of rotatable bonds is 5. The van der Waals surface area contributed by atoms with E-state index in [2.05, 4.69) is 14.9 Å². The molecule has 96 valence electrons. The molecule has 4 N–H and O–H groups in total. The normalized spacial score (nSPS) is 11.4. The fourth-order valence-electron chi connectivity index (χ4n) is 1.51. The molecule has 0 aliphatic carbocycles. The van der Waals surface area contributed by atoms with Gasteiger partial charge >= 0.3 is 0 Å². The van der Waals surface area contributed by atoms with E-state index in [4.69, 9.17) is 5.73 Å². The van der Waals surface area contributed by atoms with E-state index < -0.39 is 10.0 Å². The number of H-pyrrole nitrogens is 1. The number of aromatic nitrogens is 2. The molecular weight excluding hydrogens is 252 g/mol. The fourth-order valence-corrected chi connectivity index (χ4v) is 2.47. The molecule has 2 aromatic rings. The Hall–Kier alpha value is -1.86. The number of nitrogens with one attached hydrogen (secondary N) is 2. The van der Waals surface area contributed by atoms with Crippen molar-refractivity contribution in [3.63, 3.8) is 0 Å². The van der Waals surface area contributed by atoms with E-state index in [1.807, 2.05) is 12.1 Å². The Kier molecular flexibility index (Phi) is 3.63. The van der Waals surface area contributed by atoms with Gasteiger partial charge in [-0.25, -0.2) is 8.42 Å². The van der Waals surface area contributed by atoms with Gasteiger partial charge in [0.1, 0.15) is 4.90 Å². The molecule has 7 heteroatoms. The topological polar surface area (TPSA) is 101 Å². The van der Waals surface area contributed by atoms with Crippen molar-refractivity contribution in [1.29, 1.82) is 0 Å². The third kappa shape index (κ3) is 2.88. The number of hydrogen-bond donors (Lipinski definition) is 3. The van der Waals surface area contributed by atoms with Crippen LogP contribution in [0.1, 0.15) is 5.56 Å². The van der Waals surface area contributed by atoms with Gasteiger partial charge in [-0.2, -0.15) is 5.10 Å². The number of nitrogens with two attached hydrogens (primary N) is 1. The van der Waals surface area contributed by atoms with E-state index in [-0.39, 0.29) is 4.90 Å². The SMILES string of the molecule is NCCc1ccc(NS(=O)(=O)c2cn[nH]c2)cc1. The van der Waals surface area contributed by atoms with Crippen molar-refractivity contribution in [2.75, 3.05) is 11.3 Å². The highest BCUT2D eigenvalue weighted by atomic mass is 32.2. The Morgan fingerprint density at radius 2 is 2.00 bits per heavy atom. The molecular formula is C11H14N4O2S. The first-order chi connectivity index (χ1) is 8.62. The number of sulfonamides is 1. The molecule has 1 aromatic heterocycles. The summed E-state index contributed by atoms with van der Waals surface area (Å²) in [5, 5.41) is 6.07. The van der Waals surface area contributed by atoms with Crippen molar-refractivity contribution in [2.45, 2.75) is 11.3 Å².